The van der Waals surface area contributed by atoms with E-state index in [-0.39, 0.29) is 11.9 Å². The molecule has 1 atom stereocenters. The molecule has 2 rings (SSSR count). The van der Waals surface area contributed by atoms with Gasteiger partial charge in [0.2, 0.25) is 0 Å². The van der Waals surface area contributed by atoms with Crippen LogP contribution in [0.1, 0.15) is 44.9 Å². The first-order valence-electron chi connectivity index (χ1n) is 6.36. The maximum Gasteiger partial charge on any atom is 0.309 e. The number of carbonyl (C=O) groups is 1. The predicted molar refractivity (Wildman–Crippen MR) is 64.0 cm³/mol. The molecule has 0 radical (unpaired) electrons. The first kappa shape index (κ1) is 11.4. The lowest BCUT2D eigenvalue weighted by Gasteiger charge is -2.18. The van der Waals surface area contributed by atoms with Crippen LogP contribution < -0.4 is 0 Å². The van der Waals surface area contributed by atoms with E-state index >= 15 is 0 Å². The normalized spacial score (nSPS) is 25.0. The van der Waals surface area contributed by atoms with Crippen LogP contribution in [0.3, 0.4) is 0 Å². The molecule has 2 aliphatic carbocycles. The molecule has 0 aromatic heterocycles. The summed E-state index contributed by atoms with van der Waals surface area (Å²) in [6.45, 7) is 0.527. The fourth-order valence-corrected chi connectivity index (χ4v) is 2.33. The quantitative estimate of drug-likeness (QED) is 0.538. The Hall–Kier alpha value is -1.05. The van der Waals surface area contributed by atoms with Crippen molar-refractivity contribution in [2.75, 3.05) is 6.61 Å². The molecule has 0 saturated heterocycles. The van der Waals surface area contributed by atoms with E-state index in [0.717, 1.165) is 32.1 Å². The lowest BCUT2D eigenvalue weighted by Crippen LogP contribution is -2.20. The second kappa shape index (κ2) is 5.88. The maximum atomic E-state index is 11.8. The van der Waals surface area contributed by atoms with Crippen molar-refractivity contribution >= 4 is 5.97 Å². The number of hydrogen-bond acceptors (Lipinski definition) is 2. The summed E-state index contributed by atoms with van der Waals surface area (Å²) >= 11 is 0. The Labute approximate surface area is 97.4 Å². The topological polar surface area (TPSA) is 26.3 Å². The standard InChI is InChI=1S/C14H20O2/c15-14(13-9-5-2-6-10-13)16-11-12-7-3-1-4-8-12/h2,5,7,13H,1,3-4,6,8-11H2. The van der Waals surface area contributed by atoms with E-state index in [1.165, 1.54) is 18.4 Å². The van der Waals surface area contributed by atoms with E-state index in [0.29, 0.717) is 6.61 Å². The summed E-state index contributed by atoms with van der Waals surface area (Å²) in [6.07, 6.45) is 14.1. The number of carbonyl (C=O) groups excluding carboxylic acids is 1. The molecule has 0 N–H and O–H groups in total. The Morgan fingerprint density at radius 1 is 1.31 bits per heavy atom. The summed E-state index contributed by atoms with van der Waals surface area (Å²) in [5.74, 6) is 0.102. The Kier molecular flexibility index (Phi) is 4.20. The predicted octanol–water partition coefficient (Wildman–Crippen LogP) is 3.39. The molecule has 0 aliphatic heterocycles. The van der Waals surface area contributed by atoms with Crippen LogP contribution >= 0.6 is 0 Å². The van der Waals surface area contributed by atoms with Crippen molar-refractivity contribution < 1.29 is 9.53 Å². The third-order valence-electron chi connectivity index (χ3n) is 3.39. The van der Waals surface area contributed by atoms with Crippen molar-refractivity contribution in [1.82, 2.24) is 0 Å². The minimum atomic E-state index is -0.00387. The zero-order chi connectivity index (χ0) is 11.2. The third kappa shape index (κ3) is 3.22. The SMILES string of the molecule is O=C(OCC1=CCCCC1)C1CC=CCC1. The summed E-state index contributed by atoms with van der Waals surface area (Å²) in [5.41, 5.74) is 1.31. The third-order valence-corrected chi connectivity index (χ3v) is 3.39. The summed E-state index contributed by atoms with van der Waals surface area (Å²) in [7, 11) is 0. The summed E-state index contributed by atoms with van der Waals surface area (Å²) < 4.78 is 5.38. The van der Waals surface area contributed by atoms with Gasteiger partial charge in [0.05, 0.1) is 5.92 Å². The monoisotopic (exact) mass is 220 g/mol. The largest absolute Gasteiger partial charge is 0.461 e. The fourth-order valence-electron chi connectivity index (χ4n) is 2.33. The van der Waals surface area contributed by atoms with Gasteiger partial charge in [0.15, 0.2) is 0 Å². The maximum absolute atomic E-state index is 11.8. The average molecular weight is 220 g/mol. The van der Waals surface area contributed by atoms with E-state index in [9.17, 15) is 4.79 Å². The smallest absolute Gasteiger partial charge is 0.309 e. The van der Waals surface area contributed by atoms with Gasteiger partial charge in [0.25, 0.3) is 0 Å². The van der Waals surface area contributed by atoms with Crippen LogP contribution in [0.25, 0.3) is 0 Å². The molecule has 0 spiro atoms. The minimum absolute atomic E-state index is 0.00387. The van der Waals surface area contributed by atoms with E-state index < -0.39 is 0 Å². The highest BCUT2D eigenvalue weighted by atomic mass is 16.5. The van der Waals surface area contributed by atoms with Gasteiger partial charge in [-0.2, -0.15) is 0 Å². The van der Waals surface area contributed by atoms with Crippen LogP contribution in [0.4, 0.5) is 0 Å². The van der Waals surface area contributed by atoms with Gasteiger partial charge >= 0.3 is 5.97 Å². The zero-order valence-electron chi connectivity index (χ0n) is 9.78. The highest BCUT2D eigenvalue weighted by Gasteiger charge is 2.20. The van der Waals surface area contributed by atoms with Crippen LogP contribution in [-0.2, 0) is 9.53 Å². The van der Waals surface area contributed by atoms with Crippen molar-refractivity contribution in [3.63, 3.8) is 0 Å². The summed E-state index contributed by atoms with van der Waals surface area (Å²) in [6, 6.07) is 0. The van der Waals surface area contributed by atoms with Gasteiger partial charge in [-0.15, -0.1) is 0 Å². The number of esters is 1. The van der Waals surface area contributed by atoms with Crippen molar-refractivity contribution in [3.8, 4) is 0 Å². The summed E-state index contributed by atoms with van der Waals surface area (Å²) in [5, 5.41) is 0. The van der Waals surface area contributed by atoms with Gasteiger partial charge in [-0.25, -0.2) is 0 Å². The van der Waals surface area contributed by atoms with Crippen molar-refractivity contribution in [2.45, 2.75) is 44.9 Å². The summed E-state index contributed by atoms with van der Waals surface area (Å²) in [4.78, 5) is 11.8. The fraction of sp³-hybridized carbons (Fsp3) is 0.643. The molecule has 0 aromatic rings. The molecule has 0 fully saturated rings. The van der Waals surface area contributed by atoms with E-state index in [1.54, 1.807) is 0 Å². The van der Waals surface area contributed by atoms with Crippen LogP contribution in [0.5, 0.6) is 0 Å². The molecule has 0 bridgehead atoms. The number of rotatable bonds is 3. The number of allylic oxidation sites excluding steroid dienone is 3. The molecule has 16 heavy (non-hydrogen) atoms. The highest BCUT2D eigenvalue weighted by molar-refractivity contribution is 5.73. The van der Waals surface area contributed by atoms with Gasteiger partial charge in [0.1, 0.15) is 6.61 Å². The van der Waals surface area contributed by atoms with Gasteiger partial charge in [-0.1, -0.05) is 18.2 Å². The van der Waals surface area contributed by atoms with Gasteiger partial charge < -0.3 is 4.74 Å². The van der Waals surface area contributed by atoms with Crippen LogP contribution in [0, 0.1) is 5.92 Å². The molecule has 0 heterocycles. The zero-order valence-corrected chi connectivity index (χ0v) is 9.78. The molecule has 0 aromatic carbocycles. The Balaban J connectivity index is 1.74. The first-order chi connectivity index (χ1) is 7.86. The molecule has 88 valence electrons. The highest BCUT2D eigenvalue weighted by Crippen LogP contribution is 2.21. The van der Waals surface area contributed by atoms with Crippen LogP contribution in [0.2, 0.25) is 0 Å². The lowest BCUT2D eigenvalue weighted by atomic mass is 9.94. The average Bonchev–Trinajstić information content (AvgIpc) is 2.38. The molecule has 2 heteroatoms. The lowest BCUT2D eigenvalue weighted by molar-refractivity contribution is -0.147. The van der Waals surface area contributed by atoms with E-state index in [2.05, 4.69) is 18.2 Å². The minimum Gasteiger partial charge on any atom is -0.461 e. The molecule has 0 amide bonds. The molecule has 2 aliphatic rings. The molecular formula is C14H20O2. The van der Waals surface area contributed by atoms with E-state index in [4.69, 9.17) is 4.74 Å². The molecule has 2 nitrogen and oxygen atoms in total. The van der Waals surface area contributed by atoms with Crippen LogP contribution in [-0.4, -0.2) is 12.6 Å². The van der Waals surface area contributed by atoms with Crippen molar-refractivity contribution in [2.24, 2.45) is 5.92 Å². The Bertz CT molecular complexity index is 302. The molecule has 1 unspecified atom stereocenters. The van der Waals surface area contributed by atoms with Crippen LogP contribution in [0.15, 0.2) is 23.8 Å². The molecule has 0 saturated carbocycles. The van der Waals surface area contributed by atoms with Crippen molar-refractivity contribution in [1.29, 1.82) is 0 Å². The van der Waals surface area contributed by atoms with Gasteiger partial charge in [0, 0.05) is 0 Å². The second-order valence-electron chi connectivity index (χ2n) is 4.70. The number of ether oxygens (including phenoxy) is 1. The van der Waals surface area contributed by atoms with Gasteiger partial charge in [-0.05, 0) is 50.5 Å². The number of hydrogen-bond donors (Lipinski definition) is 0. The second-order valence-corrected chi connectivity index (χ2v) is 4.70. The van der Waals surface area contributed by atoms with Crippen molar-refractivity contribution in [3.05, 3.63) is 23.8 Å². The van der Waals surface area contributed by atoms with E-state index in [1.807, 2.05) is 0 Å². The molecular weight excluding hydrogens is 200 g/mol. The van der Waals surface area contributed by atoms with Gasteiger partial charge in [-0.3, -0.25) is 4.79 Å². The Morgan fingerprint density at radius 2 is 2.25 bits per heavy atom. The Morgan fingerprint density at radius 3 is 2.94 bits per heavy atom. The first-order valence-corrected chi connectivity index (χ1v) is 6.36.